The fraction of sp³-hybridized carbons (Fsp3) is 0.263. The molecule has 9 heteroatoms. The lowest BCUT2D eigenvalue weighted by atomic mass is 10.1. The van der Waals surface area contributed by atoms with Crippen LogP contribution in [-0.2, 0) is 11.2 Å². The first-order valence-electron chi connectivity index (χ1n) is 9.11. The number of thioether (sulfide) groups is 1. The number of benzene rings is 1. The molecule has 1 amide bonds. The number of hydrogen-bond acceptors (Lipinski definition) is 5. The van der Waals surface area contributed by atoms with E-state index in [1.165, 1.54) is 28.9 Å². The smallest absolute Gasteiger partial charge is 0.265 e. The van der Waals surface area contributed by atoms with E-state index in [-0.39, 0.29) is 23.9 Å². The van der Waals surface area contributed by atoms with Gasteiger partial charge in [-0.05, 0) is 18.1 Å². The molecule has 0 saturated carbocycles. The SMILES string of the molecule is O=C(CC1CSc2nc3[nH]ncc3c(=O)n21)NCCc1c[nH]c2ccccc12. The van der Waals surface area contributed by atoms with Gasteiger partial charge in [0.1, 0.15) is 5.39 Å². The van der Waals surface area contributed by atoms with Gasteiger partial charge in [0.15, 0.2) is 10.8 Å². The van der Waals surface area contributed by atoms with E-state index in [1.807, 2.05) is 24.4 Å². The summed E-state index contributed by atoms with van der Waals surface area (Å²) in [6, 6.07) is 7.93. The van der Waals surface area contributed by atoms with Crippen molar-refractivity contribution in [1.29, 1.82) is 0 Å². The maximum Gasteiger partial charge on any atom is 0.265 e. The van der Waals surface area contributed by atoms with Crippen LogP contribution < -0.4 is 10.9 Å². The number of H-pyrrole nitrogens is 2. The van der Waals surface area contributed by atoms with Crippen LogP contribution >= 0.6 is 11.8 Å². The zero-order valence-corrected chi connectivity index (χ0v) is 15.8. The van der Waals surface area contributed by atoms with Gasteiger partial charge >= 0.3 is 0 Å². The molecule has 142 valence electrons. The molecule has 0 spiro atoms. The van der Waals surface area contributed by atoms with Crippen LogP contribution in [0.2, 0.25) is 0 Å². The summed E-state index contributed by atoms with van der Waals surface area (Å²) < 4.78 is 1.63. The van der Waals surface area contributed by atoms with Crippen molar-refractivity contribution in [3.05, 3.63) is 52.6 Å². The molecule has 1 unspecified atom stereocenters. The van der Waals surface area contributed by atoms with Gasteiger partial charge in [-0.25, -0.2) is 4.98 Å². The molecule has 8 nitrogen and oxygen atoms in total. The van der Waals surface area contributed by atoms with Gasteiger partial charge in [-0.3, -0.25) is 19.3 Å². The molecule has 1 aliphatic rings. The summed E-state index contributed by atoms with van der Waals surface area (Å²) in [5, 5.41) is 11.9. The molecule has 4 aromatic rings. The molecular formula is C19H18N6O2S. The Kier molecular flexibility index (Phi) is 4.16. The Hall–Kier alpha value is -3.07. The highest BCUT2D eigenvalue weighted by molar-refractivity contribution is 7.99. The monoisotopic (exact) mass is 394 g/mol. The van der Waals surface area contributed by atoms with Crippen molar-refractivity contribution < 1.29 is 4.79 Å². The number of aromatic amines is 2. The van der Waals surface area contributed by atoms with Gasteiger partial charge in [-0.15, -0.1) is 0 Å². The first-order valence-corrected chi connectivity index (χ1v) is 10.1. The number of rotatable bonds is 5. The Morgan fingerprint density at radius 2 is 2.21 bits per heavy atom. The third-order valence-corrected chi connectivity index (χ3v) is 6.16. The number of hydrogen-bond donors (Lipinski definition) is 3. The minimum Gasteiger partial charge on any atom is -0.361 e. The third kappa shape index (κ3) is 2.88. The maximum atomic E-state index is 12.7. The van der Waals surface area contributed by atoms with E-state index in [0.717, 1.165) is 11.9 Å². The first-order chi connectivity index (χ1) is 13.7. The highest BCUT2D eigenvalue weighted by Crippen LogP contribution is 2.32. The number of para-hydroxylation sites is 1. The average Bonchev–Trinajstić information content (AvgIpc) is 3.41. The Morgan fingerprint density at radius 3 is 3.14 bits per heavy atom. The Labute approximate surface area is 163 Å². The van der Waals surface area contributed by atoms with Gasteiger partial charge in [0, 0.05) is 35.8 Å². The second-order valence-electron chi connectivity index (χ2n) is 6.83. The minimum atomic E-state index is -0.188. The fourth-order valence-corrected chi connectivity index (χ4v) is 4.80. The van der Waals surface area contributed by atoms with E-state index in [4.69, 9.17) is 0 Å². The Balaban J connectivity index is 1.24. The molecule has 3 N–H and O–H groups in total. The number of nitrogens with one attached hydrogen (secondary N) is 3. The van der Waals surface area contributed by atoms with Crippen LogP contribution in [0.5, 0.6) is 0 Å². The summed E-state index contributed by atoms with van der Waals surface area (Å²) in [6.07, 6.45) is 4.49. The average molecular weight is 394 g/mol. The number of carbonyl (C=O) groups is 1. The summed E-state index contributed by atoms with van der Waals surface area (Å²) in [5.41, 5.74) is 2.63. The summed E-state index contributed by atoms with van der Waals surface area (Å²) in [5.74, 6) is 0.607. The van der Waals surface area contributed by atoms with Crippen LogP contribution in [0.3, 0.4) is 0 Å². The van der Waals surface area contributed by atoms with Crippen LogP contribution in [0.25, 0.3) is 21.9 Å². The van der Waals surface area contributed by atoms with E-state index < -0.39 is 0 Å². The Bertz CT molecular complexity index is 1240. The summed E-state index contributed by atoms with van der Waals surface area (Å²) in [7, 11) is 0. The van der Waals surface area contributed by atoms with Gasteiger partial charge in [-0.1, -0.05) is 30.0 Å². The lowest BCUT2D eigenvalue weighted by Gasteiger charge is -2.13. The molecule has 3 aromatic heterocycles. The van der Waals surface area contributed by atoms with Gasteiger partial charge in [-0.2, -0.15) is 5.10 Å². The fourth-order valence-electron chi connectivity index (χ4n) is 3.67. The summed E-state index contributed by atoms with van der Waals surface area (Å²) in [6.45, 7) is 0.557. The van der Waals surface area contributed by atoms with Crippen molar-refractivity contribution in [3.63, 3.8) is 0 Å². The lowest BCUT2D eigenvalue weighted by Crippen LogP contribution is -2.31. The predicted molar refractivity (Wildman–Crippen MR) is 108 cm³/mol. The molecule has 1 aliphatic heterocycles. The topological polar surface area (TPSA) is 108 Å². The van der Waals surface area contributed by atoms with Gasteiger partial charge in [0.05, 0.1) is 12.2 Å². The van der Waals surface area contributed by atoms with Crippen molar-refractivity contribution in [1.82, 2.24) is 30.0 Å². The molecule has 28 heavy (non-hydrogen) atoms. The van der Waals surface area contributed by atoms with E-state index in [1.54, 1.807) is 4.57 Å². The van der Waals surface area contributed by atoms with Crippen LogP contribution in [0.15, 0.2) is 46.6 Å². The van der Waals surface area contributed by atoms with Crippen LogP contribution in [-0.4, -0.2) is 42.9 Å². The molecule has 0 saturated heterocycles. The second kappa shape index (κ2) is 6.83. The normalized spacial score (nSPS) is 15.9. The molecule has 0 radical (unpaired) electrons. The molecule has 0 fully saturated rings. The molecule has 1 aromatic carbocycles. The molecule has 0 aliphatic carbocycles. The number of aromatic nitrogens is 5. The largest absolute Gasteiger partial charge is 0.361 e. The van der Waals surface area contributed by atoms with Gasteiger partial charge in [0.25, 0.3) is 5.56 Å². The first kappa shape index (κ1) is 17.1. The van der Waals surface area contributed by atoms with Crippen molar-refractivity contribution in [2.24, 2.45) is 0 Å². The van der Waals surface area contributed by atoms with Crippen molar-refractivity contribution in [2.75, 3.05) is 12.3 Å². The maximum absolute atomic E-state index is 12.7. The molecule has 4 heterocycles. The molecule has 1 atom stereocenters. The number of carbonyl (C=O) groups excluding carboxylic acids is 1. The number of amides is 1. The number of nitrogens with zero attached hydrogens (tertiary/aromatic N) is 3. The zero-order chi connectivity index (χ0) is 19.1. The highest BCUT2D eigenvalue weighted by Gasteiger charge is 2.28. The van der Waals surface area contributed by atoms with E-state index in [9.17, 15) is 9.59 Å². The van der Waals surface area contributed by atoms with Crippen molar-refractivity contribution in [3.8, 4) is 0 Å². The zero-order valence-electron chi connectivity index (χ0n) is 14.9. The van der Waals surface area contributed by atoms with Gasteiger partial charge < -0.3 is 10.3 Å². The predicted octanol–water partition coefficient (Wildman–Crippen LogP) is 2.00. The van der Waals surface area contributed by atoms with E-state index in [0.29, 0.717) is 28.5 Å². The molecule has 5 rings (SSSR count). The van der Waals surface area contributed by atoms with Gasteiger partial charge in [0.2, 0.25) is 5.91 Å². The summed E-state index contributed by atoms with van der Waals surface area (Å²) in [4.78, 5) is 32.8. The van der Waals surface area contributed by atoms with Crippen molar-refractivity contribution in [2.45, 2.75) is 24.0 Å². The third-order valence-electron chi connectivity index (χ3n) is 5.06. The molecular weight excluding hydrogens is 376 g/mol. The lowest BCUT2D eigenvalue weighted by molar-refractivity contribution is -0.121. The summed E-state index contributed by atoms with van der Waals surface area (Å²) >= 11 is 1.49. The van der Waals surface area contributed by atoms with E-state index in [2.05, 4.69) is 31.5 Å². The van der Waals surface area contributed by atoms with E-state index >= 15 is 0 Å². The standard InChI is InChI=1S/C19H18N6O2S/c26-16(20-6-5-11-8-21-15-4-2-1-3-13(11)15)7-12-10-28-19-23-17-14(9-22-24-17)18(27)25(12)19/h1-4,8-9,12,21H,5-7,10H2,(H,20,26)(H,22,24). The second-order valence-corrected chi connectivity index (χ2v) is 7.82. The molecule has 0 bridgehead atoms. The Morgan fingerprint density at radius 1 is 1.32 bits per heavy atom. The van der Waals surface area contributed by atoms with Crippen LogP contribution in [0.1, 0.15) is 18.0 Å². The van der Waals surface area contributed by atoms with Crippen molar-refractivity contribution >= 4 is 39.6 Å². The quantitative estimate of drug-likeness (QED) is 0.449. The highest BCUT2D eigenvalue weighted by atomic mass is 32.2. The number of fused-ring (bicyclic) bond motifs is 3. The minimum absolute atomic E-state index is 0.0579. The van der Waals surface area contributed by atoms with Crippen LogP contribution in [0.4, 0.5) is 0 Å². The van der Waals surface area contributed by atoms with Crippen LogP contribution in [0, 0.1) is 0 Å².